The van der Waals surface area contributed by atoms with Crippen molar-refractivity contribution in [2.24, 2.45) is 0 Å². The zero-order valence-electron chi connectivity index (χ0n) is 6.01. The fourth-order valence-electron chi connectivity index (χ4n) is 1.02. The molecule has 0 aliphatic heterocycles. The highest BCUT2D eigenvalue weighted by molar-refractivity contribution is 6.35. The fraction of sp³-hybridized carbons (Fsp3) is 0. The molecule has 0 spiro atoms. The van der Waals surface area contributed by atoms with E-state index in [2.05, 4.69) is 11.1 Å². The van der Waals surface area contributed by atoms with Gasteiger partial charge >= 0.3 is 0 Å². The molecule has 0 fully saturated rings. The molecular formula is C9H4ClFN. The zero-order valence-corrected chi connectivity index (χ0v) is 6.77. The highest BCUT2D eigenvalue weighted by atomic mass is 35.5. The van der Waals surface area contributed by atoms with Gasteiger partial charge in [-0.25, -0.2) is 4.39 Å². The maximum absolute atomic E-state index is 12.6. The first-order valence-electron chi connectivity index (χ1n) is 3.39. The summed E-state index contributed by atoms with van der Waals surface area (Å²) >= 11 is 5.83. The van der Waals surface area contributed by atoms with Gasteiger partial charge in [-0.05, 0) is 18.2 Å². The van der Waals surface area contributed by atoms with Crippen LogP contribution in [0.3, 0.4) is 0 Å². The second-order valence-corrected chi connectivity index (χ2v) is 2.77. The maximum atomic E-state index is 12.6. The van der Waals surface area contributed by atoms with Gasteiger partial charge in [-0.3, -0.25) is 4.98 Å². The first-order chi connectivity index (χ1) is 5.77. The molecule has 0 N–H and O–H groups in total. The molecule has 1 radical (unpaired) electrons. The average molecular weight is 181 g/mol. The summed E-state index contributed by atoms with van der Waals surface area (Å²) in [5, 5.41) is 1.29. The molecule has 0 saturated carbocycles. The number of hydrogen-bond donors (Lipinski definition) is 0. The van der Waals surface area contributed by atoms with Crippen LogP contribution in [-0.2, 0) is 0 Å². The minimum absolute atomic E-state index is 0.419. The van der Waals surface area contributed by atoms with Gasteiger partial charge in [0.2, 0.25) is 0 Å². The van der Waals surface area contributed by atoms with E-state index in [1.165, 1.54) is 12.3 Å². The lowest BCUT2D eigenvalue weighted by molar-refractivity contribution is 0.627. The molecule has 0 atom stereocenters. The second-order valence-electron chi connectivity index (χ2n) is 2.36. The highest BCUT2D eigenvalue weighted by Crippen LogP contribution is 2.20. The topological polar surface area (TPSA) is 12.9 Å². The monoisotopic (exact) mass is 180 g/mol. The van der Waals surface area contributed by atoms with Crippen molar-refractivity contribution < 1.29 is 4.39 Å². The van der Waals surface area contributed by atoms with Crippen LogP contribution in [0.5, 0.6) is 0 Å². The van der Waals surface area contributed by atoms with Crippen LogP contribution in [0.1, 0.15) is 0 Å². The van der Waals surface area contributed by atoms with E-state index in [4.69, 9.17) is 11.6 Å². The van der Waals surface area contributed by atoms with E-state index in [0.717, 1.165) is 5.39 Å². The standard InChI is InChI=1S/C9H4ClFN/c10-8-3-4-12-9-5-6(11)1-2-7(8)9/h1-4H. The number of aromatic nitrogens is 1. The third-order valence-corrected chi connectivity index (χ3v) is 1.90. The molecule has 1 nitrogen and oxygen atoms in total. The first-order valence-corrected chi connectivity index (χ1v) is 3.77. The van der Waals surface area contributed by atoms with Crippen molar-refractivity contribution in [3.8, 4) is 0 Å². The van der Waals surface area contributed by atoms with E-state index in [1.807, 2.05) is 0 Å². The first kappa shape index (κ1) is 7.50. The largest absolute Gasteiger partial charge is 0.255 e. The molecule has 2 aromatic rings. The van der Waals surface area contributed by atoms with Crippen molar-refractivity contribution in [3.05, 3.63) is 41.3 Å². The van der Waals surface area contributed by atoms with Gasteiger partial charge in [-0.2, -0.15) is 0 Å². The van der Waals surface area contributed by atoms with Gasteiger partial charge in [0.25, 0.3) is 0 Å². The van der Waals surface area contributed by atoms with E-state index in [-0.39, 0.29) is 0 Å². The minimum atomic E-state index is -0.419. The van der Waals surface area contributed by atoms with Gasteiger partial charge in [0.05, 0.1) is 10.5 Å². The Kier molecular flexibility index (Phi) is 1.70. The van der Waals surface area contributed by atoms with E-state index in [0.29, 0.717) is 10.5 Å². The van der Waals surface area contributed by atoms with Crippen molar-refractivity contribution in [3.63, 3.8) is 0 Å². The molecule has 1 aromatic heterocycles. The number of halogens is 2. The quantitative estimate of drug-likeness (QED) is 0.608. The summed E-state index contributed by atoms with van der Waals surface area (Å²) in [5.41, 5.74) is 0.461. The molecule has 0 aliphatic rings. The Labute approximate surface area is 73.8 Å². The predicted octanol–water partition coefficient (Wildman–Crippen LogP) is 2.83. The Morgan fingerprint density at radius 2 is 2.17 bits per heavy atom. The van der Waals surface area contributed by atoms with Crippen LogP contribution >= 0.6 is 11.6 Å². The molecular weight excluding hydrogens is 177 g/mol. The van der Waals surface area contributed by atoms with Crippen molar-refractivity contribution >= 4 is 22.5 Å². The number of benzene rings is 1. The Morgan fingerprint density at radius 1 is 1.33 bits per heavy atom. The molecule has 0 bridgehead atoms. The van der Waals surface area contributed by atoms with Crippen LogP contribution in [0.4, 0.5) is 4.39 Å². The minimum Gasteiger partial charge on any atom is -0.255 e. The molecule has 0 unspecified atom stereocenters. The van der Waals surface area contributed by atoms with Crippen LogP contribution in [-0.4, -0.2) is 4.98 Å². The molecule has 12 heavy (non-hydrogen) atoms. The summed E-state index contributed by atoms with van der Waals surface area (Å²) in [7, 11) is 0. The van der Waals surface area contributed by atoms with Gasteiger partial charge < -0.3 is 0 Å². The van der Waals surface area contributed by atoms with E-state index in [9.17, 15) is 4.39 Å². The number of pyridine rings is 1. The lowest BCUT2D eigenvalue weighted by atomic mass is 10.2. The van der Waals surface area contributed by atoms with E-state index >= 15 is 0 Å². The van der Waals surface area contributed by atoms with Gasteiger partial charge in [-0.1, -0.05) is 11.6 Å². The van der Waals surface area contributed by atoms with E-state index < -0.39 is 5.82 Å². The highest BCUT2D eigenvalue weighted by Gasteiger charge is 2.00. The summed E-state index contributed by atoms with van der Waals surface area (Å²) in [5.74, 6) is -0.419. The van der Waals surface area contributed by atoms with Gasteiger partial charge in [0.15, 0.2) is 0 Å². The molecule has 59 valence electrons. The van der Waals surface area contributed by atoms with E-state index in [1.54, 1.807) is 12.1 Å². The summed E-state index contributed by atoms with van der Waals surface area (Å²) in [4.78, 5) is 3.92. The fourth-order valence-corrected chi connectivity index (χ4v) is 1.23. The van der Waals surface area contributed by atoms with Crippen molar-refractivity contribution in [1.29, 1.82) is 0 Å². The van der Waals surface area contributed by atoms with Crippen LogP contribution in [0.2, 0.25) is 5.02 Å². The molecule has 0 amide bonds. The molecule has 3 heteroatoms. The molecule has 0 aliphatic carbocycles. The van der Waals surface area contributed by atoms with Crippen molar-refractivity contribution in [2.75, 3.05) is 0 Å². The third-order valence-electron chi connectivity index (χ3n) is 1.57. The van der Waals surface area contributed by atoms with Crippen LogP contribution in [0.15, 0.2) is 24.4 Å². The van der Waals surface area contributed by atoms with Crippen LogP contribution in [0.25, 0.3) is 10.9 Å². The molecule has 1 heterocycles. The van der Waals surface area contributed by atoms with Crippen LogP contribution in [0, 0.1) is 11.9 Å². The maximum Gasteiger partial charge on any atom is 0.133 e. The predicted molar refractivity (Wildman–Crippen MR) is 45.5 cm³/mol. The number of fused-ring (bicyclic) bond motifs is 1. The van der Waals surface area contributed by atoms with Crippen LogP contribution < -0.4 is 0 Å². The number of hydrogen-bond acceptors (Lipinski definition) is 1. The Hall–Kier alpha value is -1.15. The lowest BCUT2D eigenvalue weighted by Gasteiger charge is -1.97. The van der Waals surface area contributed by atoms with Gasteiger partial charge in [0.1, 0.15) is 5.82 Å². The Balaban J connectivity index is 2.86. The number of nitrogens with zero attached hydrogens (tertiary/aromatic N) is 1. The Bertz CT molecular complexity index is 428. The smallest absolute Gasteiger partial charge is 0.133 e. The molecule has 2 rings (SSSR count). The van der Waals surface area contributed by atoms with Crippen molar-refractivity contribution in [1.82, 2.24) is 4.98 Å². The SMILES string of the molecule is Fc1[c]c2nccc(Cl)c2cc1. The van der Waals surface area contributed by atoms with Gasteiger partial charge in [0, 0.05) is 17.6 Å². The Morgan fingerprint density at radius 3 is 3.00 bits per heavy atom. The molecule has 1 aromatic carbocycles. The summed E-state index contributed by atoms with van der Waals surface area (Å²) in [6, 6.07) is 7.04. The summed E-state index contributed by atoms with van der Waals surface area (Å²) in [6.07, 6.45) is 1.53. The second kappa shape index (κ2) is 2.72. The molecule has 0 saturated heterocycles. The number of rotatable bonds is 0. The summed E-state index contributed by atoms with van der Waals surface area (Å²) < 4.78 is 12.6. The summed E-state index contributed by atoms with van der Waals surface area (Å²) in [6.45, 7) is 0. The lowest BCUT2D eigenvalue weighted by Crippen LogP contribution is -1.81. The normalized spacial score (nSPS) is 10.5. The average Bonchev–Trinajstić information content (AvgIpc) is 2.04. The van der Waals surface area contributed by atoms with Crippen molar-refractivity contribution in [2.45, 2.75) is 0 Å². The third kappa shape index (κ3) is 1.14. The zero-order chi connectivity index (χ0) is 8.55. The van der Waals surface area contributed by atoms with Gasteiger partial charge in [-0.15, -0.1) is 0 Å².